The molecule has 1 heterocycles. The van der Waals surface area contributed by atoms with Crippen molar-refractivity contribution in [3.05, 3.63) is 75.7 Å². The minimum absolute atomic E-state index is 0.0776. The van der Waals surface area contributed by atoms with Gasteiger partial charge in [0.05, 0.1) is 11.5 Å². The molecule has 0 spiro atoms. The molecule has 3 rings (SSSR count). The number of hydrogen-bond donors (Lipinski definition) is 0. The van der Waals surface area contributed by atoms with Crippen LogP contribution in [0.2, 0.25) is 0 Å². The Morgan fingerprint density at radius 2 is 2.04 bits per heavy atom. The van der Waals surface area contributed by atoms with E-state index in [1.165, 1.54) is 18.2 Å². The van der Waals surface area contributed by atoms with Gasteiger partial charge in [-0.3, -0.25) is 15.0 Å². The van der Waals surface area contributed by atoms with Gasteiger partial charge in [-0.1, -0.05) is 17.3 Å². The molecule has 0 aliphatic rings. The van der Waals surface area contributed by atoms with Crippen LogP contribution in [0.4, 0.5) is 14.5 Å². The largest absolute Gasteiger partial charge is 0.338 e. The Bertz CT molecular complexity index is 977. The van der Waals surface area contributed by atoms with Crippen molar-refractivity contribution in [1.29, 1.82) is 0 Å². The summed E-state index contributed by atoms with van der Waals surface area (Å²) in [4.78, 5) is 16.3. The highest BCUT2D eigenvalue weighted by Gasteiger charge is 2.20. The fraction of sp³-hybridized carbons (Fsp3) is 0.222. The highest BCUT2D eigenvalue weighted by Crippen LogP contribution is 2.25. The van der Waals surface area contributed by atoms with Crippen LogP contribution in [0.1, 0.15) is 24.4 Å². The molecule has 9 heteroatoms. The summed E-state index contributed by atoms with van der Waals surface area (Å²) in [5, 5.41) is 14.7. The Kier molecular flexibility index (Phi) is 5.22. The van der Waals surface area contributed by atoms with E-state index >= 15 is 0 Å². The van der Waals surface area contributed by atoms with Gasteiger partial charge in [-0.15, -0.1) is 0 Å². The quantitative estimate of drug-likeness (QED) is 0.477. The highest BCUT2D eigenvalue weighted by atomic mass is 19.1. The molecular formula is C18H16F2N4O3. The first-order chi connectivity index (χ1) is 12.8. The summed E-state index contributed by atoms with van der Waals surface area (Å²) in [6.45, 7) is 1.93. The lowest BCUT2D eigenvalue weighted by molar-refractivity contribution is -0.384. The number of halogens is 2. The van der Waals surface area contributed by atoms with Crippen LogP contribution < -0.4 is 0 Å². The summed E-state index contributed by atoms with van der Waals surface area (Å²) < 4.78 is 32.5. The van der Waals surface area contributed by atoms with Crippen molar-refractivity contribution in [2.45, 2.75) is 19.5 Å². The third kappa shape index (κ3) is 4.14. The standard InChI is InChI=1S/C18H16F2N4O3/c1-11(15-9-13(19)6-7-16(15)20)23(2)10-17-21-18(22-27-17)12-4-3-5-14(8-12)24(25)26/h3-9,11H,10H2,1-2H3. The molecule has 2 aromatic carbocycles. The number of hydrogen-bond acceptors (Lipinski definition) is 6. The van der Waals surface area contributed by atoms with Crippen LogP contribution in [-0.2, 0) is 6.54 Å². The van der Waals surface area contributed by atoms with Gasteiger partial charge in [0, 0.05) is 29.3 Å². The van der Waals surface area contributed by atoms with E-state index in [0.717, 1.165) is 18.2 Å². The number of nitrogens with zero attached hydrogens (tertiary/aromatic N) is 4. The van der Waals surface area contributed by atoms with Gasteiger partial charge in [0.25, 0.3) is 5.69 Å². The zero-order valence-corrected chi connectivity index (χ0v) is 14.6. The molecule has 140 valence electrons. The van der Waals surface area contributed by atoms with Gasteiger partial charge in [-0.05, 0) is 32.2 Å². The Hall–Kier alpha value is -3.20. The molecule has 1 unspecified atom stereocenters. The number of non-ortho nitro benzene ring substituents is 1. The molecule has 0 radical (unpaired) electrons. The third-order valence-corrected chi connectivity index (χ3v) is 4.24. The average molecular weight is 374 g/mol. The molecule has 0 saturated carbocycles. The molecule has 1 aromatic heterocycles. The number of rotatable bonds is 6. The number of nitro benzene ring substituents is 1. The topological polar surface area (TPSA) is 85.3 Å². The maximum Gasteiger partial charge on any atom is 0.270 e. The first kappa shape index (κ1) is 18.6. The van der Waals surface area contributed by atoms with E-state index in [1.807, 2.05) is 0 Å². The smallest absolute Gasteiger partial charge is 0.270 e. The molecule has 1 atom stereocenters. The minimum Gasteiger partial charge on any atom is -0.338 e. The van der Waals surface area contributed by atoms with Crippen molar-refractivity contribution in [3.8, 4) is 11.4 Å². The molecule has 3 aromatic rings. The van der Waals surface area contributed by atoms with Crippen LogP contribution >= 0.6 is 0 Å². The summed E-state index contributed by atoms with van der Waals surface area (Å²) in [5.74, 6) is -0.551. The zero-order chi connectivity index (χ0) is 19.6. The molecule has 0 saturated heterocycles. The van der Waals surface area contributed by atoms with Crippen LogP contribution in [0.15, 0.2) is 47.0 Å². The van der Waals surface area contributed by atoms with Crippen molar-refractivity contribution in [1.82, 2.24) is 15.0 Å². The molecule has 27 heavy (non-hydrogen) atoms. The van der Waals surface area contributed by atoms with Crippen LogP contribution in [-0.4, -0.2) is 27.0 Å². The van der Waals surface area contributed by atoms with Gasteiger partial charge >= 0.3 is 0 Å². The maximum absolute atomic E-state index is 13.9. The summed E-state index contributed by atoms with van der Waals surface area (Å²) in [6, 6.07) is 8.75. The Morgan fingerprint density at radius 1 is 1.26 bits per heavy atom. The zero-order valence-electron chi connectivity index (χ0n) is 14.6. The third-order valence-electron chi connectivity index (χ3n) is 4.24. The lowest BCUT2D eigenvalue weighted by Crippen LogP contribution is -2.23. The second-order valence-corrected chi connectivity index (χ2v) is 6.08. The molecule has 7 nitrogen and oxygen atoms in total. The van der Waals surface area contributed by atoms with Crippen LogP contribution in [0.3, 0.4) is 0 Å². The summed E-state index contributed by atoms with van der Waals surface area (Å²) in [6.07, 6.45) is 0. The predicted octanol–water partition coefficient (Wildman–Crippen LogP) is 4.12. The first-order valence-corrected chi connectivity index (χ1v) is 8.07. The van der Waals surface area contributed by atoms with E-state index in [0.29, 0.717) is 5.56 Å². The monoisotopic (exact) mass is 374 g/mol. The van der Waals surface area contributed by atoms with Crippen molar-refractivity contribution in [3.63, 3.8) is 0 Å². The normalized spacial score (nSPS) is 12.3. The molecular weight excluding hydrogens is 358 g/mol. The van der Waals surface area contributed by atoms with Crippen molar-refractivity contribution >= 4 is 5.69 Å². The van der Waals surface area contributed by atoms with E-state index in [-0.39, 0.29) is 29.5 Å². The SMILES string of the molecule is CC(c1cc(F)ccc1F)N(C)Cc1nc(-c2cccc([N+](=O)[O-])c2)no1. The van der Waals surface area contributed by atoms with Gasteiger partial charge in [-0.25, -0.2) is 8.78 Å². The van der Waals surface area contributed by atoms with E-state index < -0.39 is 22.6 Å². The second kappa shape index (κ2) is 7.58. The second-order valence-electron chi connectivity index (χ2n) is 6.08. The van der Waals surface area contributed by atoms with Gasteiger partial charge in [0.2, 0.25) is 11.7 Å². The molecule has 0 bridgehead atoms. The summed E-state index contributed by atoms with van der Waals surface area (Å²) in [5.41, 5.74) is 0.591. The molecule has 0 aliphatic carbocycles. The fourth-order valence-electron chi connectivity index (χ4n) is 2.62. The highest BCUT2D eigenvalue weighted by molar-refractivity contribution is 5.58. The maximum atomic E-state index is 13.9. The minimum atomic E-state index is -0.516. The Balaban J connectivity index is 1.76. The Labute approximate surface area is 153 Å². The van der Waals surface area contributed by atoms with Crippen LogP contribution in [0.5, 0.6) is 0 Å². The summed E-state index contributed by atoms with van der Waals surface area (Å²) >= 11 is 0. The van der Waals surface area contributed by atoms with Crippen LogP contribution in [0, 0.1) is 21.7 Å². The van der Waals surface area contributed by atoms with Crippen molar-refractivity contribution in [2.75, 3.05) is 7.05 Å². The summed E-state index contributed by atoms with van der Waals surface area (Å²) in [7, 11) is 1.71. The predicted molar refractivity (Wildman–Crippen MR) is 92.6 cm³/mol. The van der Waals surface area contributed by atoms with Crippen molar-refractivity contribution in [2.24, 2.45) is 0 Å². The number of nitro groups is 1. The van der Waals surface area contributed by atoms with E-state index in [2.05, 4.69) is 10.1 Å². The van der Waals surface area contributed by atoms with Gasteiger partial charge in [0.15, 0.2) is 0 Å². The van der Waals surface area contributed by atoms with Crippen LogP contribution in [0.25, 0.3) is 11.4 Å². The fourth-order valence-corrected chi connectivity index (χ4v) is 2.62. The lowest BCUT2D eigenvalue weighted by Gasteiger charge is -2.23. The van der Waals surface area contributed by atoms with E-state index in [9.17, 15) is 18.9 Å². The number of aromatic nitrogens is 2. The molecule has 0 fully saturated rings. The number of benzene rings is 2. The van der Waals surface area contributed by atoms with Gasteiger partial charge in [-0.2, -0.15) is 4.98 Å². The van der Waals surface area contributed by atoms with Gasteiger partial charge < -0.3 is 4.52 Å². The van der Waals surface area contributed by atoms with E-state index in [1.54, 1.807) is 24.9 Å². The molecule has 0 amide bonds. The van der Waals surface area contributed by atoms with Gasteiger partial charge in [0.1, 0.15) is 11.6 Å². The van der Waals surface area contributed by atoms with E-state index in [4.69, 9.17) is 4.52 Å². The molecule has 0 aliphatic heterocycles. The molecule has 0 N–H and O–H groups in total. The Morgan fingerprint density at radius 3 is 2.78 bits per heavy atom. The van der Waals surface area contributed by atoms with Crippen molar-refractivity contribution < 1.29 is 18.2 Å². The average Bonchev–Trinajstić information content (AvgIpc) is 3.11. The lowest BCUT2D eigenvalue weighted by atomic mass is 10.1. The first-order valence-electron chi connectivity index (χ1n) is 8.07.